The topological polar surface area (TPSA) is 77.2 Å². The van der Waals surface area contributed by atoms with Gasteiger partial charge in [-0.2, -0.15) is 19.0 Å². The fourth-order valence-corrected chi connectivity index (χ4v) is 5.75. The molecule has 4 heterocycles. The average molecular weight is 596 g/mol. The van der Waals surface area contributed by atoms with Gasteiger partial charge in [0.15, 0.2) is 5.82 Å². The number of ether oxygens (including phenoxy) is 1. The van der Waals surface area contributed by atoms with E-state index in [1.807, 2.05) is 17.0 Å². The van der Waals surface area contributed by atoms with Gasteiger partial charge >= 0.3 is 3.93 Å². The number of nitrogens with zero attached hydrogens (tertiary/aromatic N) is 5. The molecule has 3 aromatic rings. The fraction of sp³-hybridized carbons (Fsp3) is 0.417. The van der Waals surface area contributed by atoms with E-state index in [0.717, 1.165) is 29.8 Å². The van der Waals surface area contributed by atoms with Gasteiger partial charge in [0.1, 0.15) is 5.69 Å². The van der Waals surface area contributed by atoms with Crippen LogP contribution >= 0.6 is 20.7 Å². The Balaban J connectivity index is 1.45. The van der Waals surface area contributed by atoms with Crippen molar-refractivity contribution in [3.05, 3.63) is 47.4 Å². The highest BCUT2D eigenvalue weighted by atomic mass is 127. The molecule has 5 rings (SSSR count). The average Bonchev–Trinajstić information content (AvgIpc) is 3.59. The van der Waals surface area contributed by atoms with Crippen molar-refractivity contribution in [2.45, 2.75) is 36.3 Å². The van der Waals surface area contributed by atoms with Crippen LogP contribution in [0.4, 0.5) is 20.3 Å². The predicted octanol–water partition coefficient (Wildman–Crippen LogP) is 4.35. The smallest absolute Gasteiger partial charge is 0.332 e. The van der Waals surface area contributed by atoms with Crippen LogP contribution in [0.15, 0.2) is 30.5 Å². The third kappa shape index (κ3) is 4.51. The second-order valence-electron chi connectivity index (χ2n) is 8.79. The zero-order valence-electron chi connectivity index (χ0n) is 19.6. The molecule has 0 spiro atoms. The van der Waals surface area contributed by atoms with Gasteiger partial charge in [-0.1, -0.05) is 16.6 Å². The molecular weight excluding hydrogens is 569 g/mol. The number of carbonyl (C=O) groups is 1. The first-order chi connectivity index (χ1) is 16.8. The number of benzene rings is 1. The molecule has 1 atom stereocenters. The zero-order valence-corrected chi connectivity index (χ0v) is 21.8. The summed E-state index contributed by atoms with van der Waals surface area (Å²) in [6, 6.07) is 7.48. The minimum atomic E-state index is -2.96. The van der Waals surface area contributed by atoms with Gasteiger partial charge in [0.25, 0.3) is 0 Å². The molecule has 2 aliphatic heterocycles. The van der Waals surface area contributed by atoms with Crippen LogP contribution in [-0.4, -0.2) is 54.6 Å². The number of rotatable bonds is 6. The van der Waals surface area contributed by atoms with E-state index in [4.69, 9.17) is 9.84 Å². The number of carbonyl (C=O) groups excluding carboxylic acids is 1. The predicted molar refractivity (Wildman–Crippen MR) is 138 cm³/mol. The number of fused-ring (bicyclic) bond motifs is 1. The summed E-state index contributed by atoms with van der Waals surface area (Å²) in [5, 5.41) is 12.3. The van der Waals surface area contributed by atoms with Crippen LogP contribution in [0, 0.1) is 0 Å². The van der Waals surface area contributed by atoms with Crippen molar-refractivity contribution in [3.8, 4) is 11.1 Å². The highest BCUT2D eigenvalue weighted by Crippen LogP contribution is 2.43. The van der Waals surface area contributed by atoms with Gasteiger partial charge in [0.05, 0.1) is 25.4 Å². The molecule has 11 heteroatoms. The zero-order chi connectivity index (χ0) is 24.7. The van der Waals surface area contributed by atoms with Gasteiger partial charge in [-0.15, -0.1) is 0 Å². The van der Waals surface area contributed by atoms with E-state index in [-0.39, 0.29) is 17.6 Å². The van der Waals surface area contributed by atoms with Gasteiger partial charge < -0.3 is 15.0 Å². The summed E-state index contributed by atoms with van der Waals surface area (Å²) >= 11 is -1.58. The number of nitrogens with one attached hydrogen (secondary N) is 1. The Morgan fingerprint density at radius 1 is 1.31 bits per heavy atom. The van der Waals surface area contributed by atoms with E-state index < -0.39 is 24.7 Å². The van der Waals surface area contributed by atoms with Crippen LogP contribution < -0.4 is 5.32 Å². The van der Waals surface area contributed by atoms with Crippen molar-refractivity contribution in [1.82, 2.24) is 24.5 Å². The number of anilines is 2. The number of aryl methyl sites for hydroxylation is 1. The highest BCUT2D eigenvalue weighted by Gasteiger charge is 2.35. The van der Waals surface area contributed by atoms with Gasteiger partial charge in [-0.05, 0) is 44.8 Å². The van der Waals surface area contributed by atoms with E-state index in [2.05, 4.69) is 19.6 Å². The standard InChI is InChI=1S/C24H27F2IN6O2/c1-15(34)32-10-8-21-20(13-32)23(30-33(21)18-9-11-35-14-18)29-17-6-4-16(5-7-17)19-12-28-31(3)22(19)24(25,26)27-2/h4-7,12,18H,2,8-11,13-14H2,1,3H3,(H,29,30). The first-order valence-corrected chi connectivity index (χ1v) is 14.0. The SMILES string of the molecule is C=IC(F)(F)c1c(-c2ccc(Nc3nn(C4CCOC4)c4c3CN(C(C)=O)CC4)cc2)cnn1C. The van der Waals surface area contributed by atoms with E-state index in [1.165, 1.54) is 17.9 Å². The number of alkyl halides is 3. The molecule has 1 amide bonds. The molecule has 1 aromatic carbocycles. The Hall–Kier alpha value is -2.67. The summed E-state index contributed by atoms with van der Waals surface area (Å²) in [5.74, 6) is 0.748. The molecule has 2 aliphatic rings. The molecular formula is C24H27F2IN6O2. The second kappa shape index (κ2) is 9.41. The molecule has 1 N–H and O–H groups in total. The van der Waals surface area contributed by atoms with Gasteiger partial charge in [-0.25, -0.2) is 0 Å². The summed E-state index contributed by atoms with van der Waals surface area (Å²) < 4.78 is 38.5. The van der Waals surface area contributed by atoms with E-state index in [0.29, 0.717) is 43.2 Å². The Kier molecular flexibility index (Phi) is 6.47. The molecule has 0 radical (unpaired) electrons. The van der Waals surface area contributed by atoms with Crippen molar-refractivity contribution in [2.24, 2.45) is 7.05 Å². The lowest BCUT2D eigenvalue weighted by Crippen LogP contribution is -2.35. The molecule has 35 heavy (non-hydrogen) atoms. The molecule has 1 unspecified atom stereocenters. The molecule has 186 valence electrons. The second-order valence-corrected chi connectivity index (χ2v) is 10.9. The Labute approximate surface area is 212 Å². The first-order valence-electron chi connectivity index (χ1n) is 11.4. The Morgan fingerprint density at radius 2 is 2.09 bits per heavy atom. The Bertz CT molecular complexity index is 1260. The van der Waals surface area contributed by atoms with E-state index in [1.54, 1.807) is 19.1 Å². The van der Waals surface area contributed by atoms with Crippen LogP contribution in [0.3, 0.4) is 0 Å². The van der Waals surface area contributed by atoms with E-state index >= 15 is 0 Å². The van der Waals surface area contributed by atoms with Crippen LogP contribution in [-0.2, 0) is 33.5 Å². The third-order valence-electron chi connectivity index (χ3n) is 6.62. The van der Waals surface area contributed by atoms with E-state index in [9.17, 15) is 13.6 Å². The molecule has 8 nitrogen and oxygen atoms in total. The lowest BCUT2D eigenvalue weighted by atomic mass is 10.1. The largest absolute Gasteiger partial charge is 0.379 e. The quantitative estimate of drug-likeness (QED) is 0.339. The molecule has 2 aromatic heterocycles. The normalized spacial score (nSPS) is 18.1. The summed E-state index contributed by atoms with van der Waals surface area (Å²) in [7, 11) is 1.53. The minimum Gasteiger partial charge on any atom is -0.379 e. The third-order valence-corrected chi connectivity index (χ3v) is 8.09. The summed E-state index contributed by atoms with van der Waals surface area (Å²) in [6.07, 6.45) is 3.13. The van der Waals surface area contributed by atoms with Crippen molar-refractivity contribution in [3.63, 3.8) is 0 Å². The van der Waals surface area contributed by atoms with Crippen LogP contribution in [0.2, 0.25) is 0 Å². The molecule has 1 saturated heterocycles. The van der Waals surface area contributed by atoms with Crippen LogP contribution in [0.5, 0.6) is 0 Å². The van der Waals surface area contributed by atoms with Gasteiger partial charge in [0.2, 0.25) is 5.91 Å². The van der Waals surface area contributed by atoms with Crippen molar-refractivity contribution >= 4 is 42.7 Å². The summed E-state index contributed by atoms with van der Waals surface area (Å²) in [6.45, 7) is 4.10. The van der Waals surface area contributed by atoms with Crippen molar-refractivity contribution < 1.29 is 18.3 Å². The van der Waals surface area contributed by atoms with Crippen molar-refractivity contribution in [2.75, 3.05) is 25.1 Å². The lowest BCUT2D eigenvalue weighted by molar-refractivity contribution is -0.129. The number of hydrogen-bond acceptors (Lipinski definition) is 5. The Morgan fingerprint density at radius 3 is 2.74 bits per heavy atom. The molecule has 0 saturated carbocycles. The van der Waals surface area contributed by atoms with Gasteiger partial charge in [0, 0.05) is 56.1 Å². The molecule has 1 fully saturated rings. The first kappa shape index (κ1) is 24.0. The van der Waals surface area contributed by atoms with Crippen LogP contribution in [0.25, 0.3) is 11.1 Å². The lowest BCUT2D eigenvalue weighted by Gasteiger charge is -2.27. The minimum absolute atomic E-state index is 0.0386. The van der Waals surface area contributed by atoms with Crippen molar-refractivity contribution in [1.29, 1.82) is 0 Å². The highest BCUT2D eigenvalue weighted by molar-refractivity contribution is 14.2. The number of amides is 1. The number of halogens is 3. The summed E-state index contributed by atoms with van der Waals surface area (Å²) in [4.78, 5) is 13.9. The molecule has 0 bridgehead atoms. The molecule has 0 aliphatic carbocycles. The maximum atomic E-state index is 14.5. The maximum Gasteiger partial charge on any atom is 0.332 e. The van der Waals surface area contributed by atoms with Crippen LogP contribution in [0.1, 0.15) is 36.3 Å². The fourth-order valence-electron chi connectivity index (χ4n) is 4.75. The monoisotopic (exact) mass is 596 g/mol. The maximum absolute atomic E-state index is 14.5. The van der Waals surface area contributed by atoms with Gasteiger partial charge in [-0.3, -0.25) is 14.2 Å². The summed E-state index contributed by atoms with van der Waals surface area (Å²) in [5.41, 5.74) is 3.90. The number of hydrogen-bond donors (Lipinski definition) is 1. The number of aromatic nitrogens is 4.